The van der Waals surface area contributed by atoms with E-state index in [4.69, 9.17) is 9.47 Å². The zero-order valence-corrected chi connectivity index (χ0v) is 19.0. The molecule has 32 heavy (non-hydrogen) atoms. The van der Waals surface area contributed by atoms with Crippen molar-refractivity contribution < 1.29 is 29.1 Å². The quantitative estimate of drug-likeness (QED) is 0.222. The Kier molecular flexibility index (Phi) is 10.4. The minimum absolute atomic E-state index is 0.0664. The molecule has 9 heteroatoms. The number of aliphatic hydroxyl groups excluding tert-OH is 1. The number of benzene rings is 1. The summed E-state index contributed by atoms with van der Waals surface area (Å²) in [4.78, 5) is 36.3. The van der Waals surface area contributed by atoms with E-state index in [0.717, 1.165) is 25.7 Å². The molecule has 1 unspecified atom stereocenters. The topological polar surface area (TPSA) is 119 Å². The van der Waals surface area contributed by atoms with E-state index in [0.29, 0.717) is 38.2 Å². The maximum absolute atomic E-state index is 12.9. The van der Waals surface area contributed by atoms with Gasteiger partial charge in [-0.15, -0.1) is 0 Å². The van der Waals surface area contributed by atoms with Gasteiger partial charge in [-0.25, -0.2) is 0 Å². The van der Waals surface area contributed by atoms with E-state index in [-0.39, 0.29) is 35.8 Å². The third-order valence-corrected chi connectivity index (χ3v) is 5.63. The molecule has 0 aliphatic heterocycles. The van der Waals surface area contributed by atoms with E-state index in [2.05, 4.69) is 0 Å². The van der Waals surface area contributed by atoms with Gasteiger partial charge < -0.3 is 19.5 Å². The van der Waals surface area contributed by atoms with E-state index in [1.807, 2.05) is 4.90 Å². The van der Waals surface area contributed by atoms with Crippen LogP contribution in [-0.2, 0) is 14.3 Å². The number of esters is 1. The lowest BCUT2D eigenvalue weighted by Gasteiger charge is -2.34. The molecule has 1 amide bonds. The van der Waals surface area contributed by atoms with Crippen LogP contribution < -0.4 is 4.74 Å². The number of nitro benzene ring substituents is 1. The Morgan fingerprint density at radius 2 is 1.94 bits per heavy atom. The van der Waals surface area contributed by atoms with Crippen molar-refractivity contribution in [2.75, 3.05) is 19.8 Å². The molecule has 0 spiro atoms. The van der Waals surface area contributed by atoms with Crippen LogP contribution in [-0.4, -0.2) is 52.6 Å². The largest absolute Gasteiger partial charge is 0.494 e. The fraction of sp³-hybridized carbons (Fsp3) is 0.652. The predicted octanol–water partition coefficient (Wildman–Crippen LogP) is 3.92. The highest BCUT2D eigenvalue weighted by Gasteiger charge is 2.25. The van der Waals surface area contributed by atoms with Crippen molar-refractivity contribution in [3.63, 3.8) is 0 Å². The number of nitrogens with zero attached hydrogens (tertiary/aromatic N) is 2. The molecular formula is C23H34N2O7. The van der Waals surface area contributed by atoms with Crippen molar-refractivity contribution in [2.45, 2.75) is 77.4 Å². The number of carbonyl (C=O) groups excluding carboxylic acids is 2. The normalized spacial score (nSPS) is 15.1. The number of hydrogen-bond donors (Lipinski definition) is 1. The van der Waals surface area contributed by atoms with E-state index >= 15 is 0 Å². The lowest BCUT2D eigenvalue weighted by atomic mass is 9.93. The molecule has 0 radical (unpaired) electrons. The Bertz CT molecular complexity index is 776. The molecule has 1 N–H and O–H groups in total. The van der Waals surface area contributed by atoms with Gasteiger partial charge in [0.1, 0.15) is 5.75 Å². The molecule has 0 bridgehead atoms. The number of aliphatic hydroxyl groups is 1. The van der Waals surface area contributed by atoms with Crippen molar-refractivity contribution in [2.24, 2.45) is 0 Å². The molecular weight excluding hydrogens is 416 g/mol. The molecule has 0 saturated heterocycles. The minimum Gasteiger partial charge on any atom is -0.494 e. The summed E-state index contributed by atoms with van der Waals surface area (Å²) >= 11 is 0. The van der Waals surface area contributed by atoms with Gasteiger partial charge in [-0.2, -0.15) is 0 Å². The summed E-state index contributed by atoms with van der Waals surface area (Å²) in [5.74, 6) is 0.170. The molecule has 2 rings (SSSR count). The predicted molar refractivity (Wildman–Crippen MR) is 118 cm³/mol. The SMILES string of the molecule is CC(=O)OCCCN(C(=O)CCCOc1ccc([N+](=O)[O-])c(C(C)O)c1)C1CCCCC1. The lowest BCUT2D eigenvalue weighted by Crippen LogP contribution is -2.42. The standard InChI is InChI=1S/C23H34N2O7/c1-17(26)21-16-20(11-12-22(21)25(29)30)32-14-6-10-23(28)24(13-7-15-31-18(2)27)19-8-4-3-5-9-19/h11-12,16-17,19,26H,3-10,13-15H2,1-2H3. The zero-order valence-electron chi connectivity index (χ0n) is 19.0. The van der Waals surface area contributed by atoms with Crippen molar-refractivity contribution in [1.29, 1.82) is 0 Å². The molecule has 1 fully saturated rings. The van der Waals surface area contributed by atoms with Crippen molar-refractivity contribution in [3.05, 3.63) is 33.9 Å². The van der Waals surface area contributed by atoms with E-state index in [1.165, 1.54) is 38.5 Å². The first-order chi connectivity index (χ1) is 15.3. The molecule has 1 atom stereocenters. The number of ether oxygens (including phenoxy) is 2. The second-order valence-electron chi connectivity index (χ2n) is 8.18. The van der Waals surface area contributed by atoms with Crippen molar-refractivity contribution in [1.82, 2.24) is 4.90 Å². The number of rotatable bonds is 12. The fourth-order valence-electron chi connectivity index (χ4n) is 4.03. The van der Waals surface area contributed by atoms with Crippen LogP contribution in [0.15, 0.2) is 18.2 Å². The fourth-order valence-corrected chi connectivity index (χ4v) is 4.03. The molecule has 1 aromatic rings. The number of nitro groups is 1. The molecule has 1 aromatic carbocycles. The molecule has 9 nitrogen and oxygen atoms in total. The second-order valence-corrected chi connectivity index (χ2v) is 8.18. The Morgan fingerprint density at radius 1 is 1.22 bits per heavy atom. The Hall–Kier alpha value is -2.68. The summed E-state index contributed by atoms with van der Waals surface area (Å²) in [5.41, 5.74) is 0.0410. The first-order valence-corrected chi connectivity index (χ1v) is 11.3. The van der Waals surface area contributed by atoms with Crippen molar-refractivity contribution >= 4 is 17.6 Å². The van der Waals surface area contributed by atoms with Gasteiger partial charge in [-0.05, 0) is 44.7 Å². The van der Waals surface area contributed by atoms with Crippen LogP contribution in [0.25, 0.3) is 0 Å². The third-order valence-electron chi connectivity index (χ3n) is 5.63. The zero-order chi connectivity index (χ0) is 23.5. The van der Waals surface area contributed by atoms with Crippen LogP contribution in [0.2, 0.25) is 0 Å². The summed E-state index contributed by atoms with van der Waals surface area (Å²) in [6.07, 6.45) is 5.90. The molecule has 0 heterocycles. The maximum Gasteiger partial charge on any atom is 0.302 e. The molecule has 1 saturated carbocycles. The monoisotopic (exact) mass is 450 g/mol. The summed E-state index contributed by atoms with van der Waals surface area (Å²) in [6, 6.07) is 4.51. The van der Waals surface area contributed by atoms with Gasteiger partial charge in [-0.3, -0.25) is 19.7 Å². The van der Waals surface area contributed by atoms with Crippen LogP contribution in [0, 0.1) is 10.1 Å². The van der Waals surface area contributed by atoms with Gasteiger partial charge in [0.25, 0.3) is 5.69 Å². The number of amides is 1. The maximum atomic E-state index is 12.9. The lowest BCUT2D eigenvalue weighted by molar-refractivity contribution is -0.386. The summed E-state index contributed by atoms with van der Waals surface area (Å²) < 4.78 is 10.7. The highest BCUT2D eigenvalue weighted by molar-refractivity contribution is 5.76. The average Bonchev–Trinajstić information content (AvgIpc) is 2.76. The minimum atomic E-state index is -0.989. The van der Waals surface area contributed by atoms with Gasteiger partial charge in [-0.1, -0.05) is 19.3 Å². The van der Waals surface area contributed by atoms with Gasteiger partial charge in [0.2, 0.25) is 5.91 Å². The summed E-state index contributed by atoms with van der Waals surface area (Å²) in [6.45, 7) is 4.00. The molecule has 1 aliphatic rings. The van der Waals surface area contributed by atoms with Gasteiger partial charge in [0, 0.05) is 32.0 Å². The highest BCUT2D eigenvalue weighted by atomic mass is 16.6. The first kappa shape index (κ1) is 25.6. The summed E-state index contributed by atoms with van der Waals surface area (Å²) in [7, 11) is 0. The van der Waals surface area contributed by atoms with E-state index in [9.17, 15) is 24.8 Å². The first-order valence-electron chi connectivity index (χ1n) is 11.3. The molecule has 0 aromatic heterocycles. The molecule has 178 valence electrons. The average molecular weight is 451 g/mol. The van der Waals surface area contributed by atoms with E-state index in [1.54, 1.807) is 0 Å². The molecule has 1 aliphatic carbocycles. The smallest absolute Gasteiger partial charge is 0.302 e. The van der Waals surface area contributed by atoms with Crippen LogP contribution in [0.3, 0.4) is 0 Å². The van der Waals surface area contributed by atoms with E-state index < -0.39 is 11.0 Å². The van der Waals surface area contributed by atoms with Crippen molar-refractivity contribution in [3.8, 4) is 5.75 Å². The highest BCUT2D eigenvalue weighted by Crippen LogP contribution is 2.29. The van der Waals surface area contributed by atoms with Gasteiger partial charge in [0.15, 0.2) is 0 Å². The Balaban J connectivity index is 1.87. The number of carbonyl (C=O) groups is 2. The van der Waals surface area contributed by atoms with Gasteiger partial charge in [0.05, 0.1) is 29.8 Å². The van der Waals surface area contributed by atoms with Crippen LogP contribution >= 0.6 is 0 Å². The van der Waals surface area contributed by atoms with Crippen LogP contribution in [0.4, 0.5) is 5.69 Å². The van der Waals surface area contributed by atoms with Crippen LogP contribution in [0.1, 0.15) is 76.9 Å². The van der Waals surface area contributed by atoms with Crippen LogP contribution in [0.5, 0.6) is 5.75 Å². The summed E-state index contributed by atoms with van der Waals surface area (Å²) in [5, 5.41) is 20.9. The number of hydrogen-bond acceptors (Lipinski definition) is 7. The van der Waals surface area contributed by atoms with Gasteiger partial charge >= 0.3 is 5.97 Å². The third kappa shape index (κ3) is 8.11. The Labute approximate surface area is 188 Å². The Morgan fingerprint density at radius 3 is 2.56 bits per heavy atom. The second kappa shape index (κ2) is 13.0.